The van der Waals surface area contributed by atoms with Crippen LogP contribution in [0.25, 0.3) is 0 Å². The van der Waals surface area contributed by atoms with Crippen LogP contribution in [0.1, 0.15) is 18.4 Å². The Hall–Kier alpha value is -1.21. The Kier molecular flexibility index (Phi) is 4.93. The molecule has 0 aliphatic carbocycles. The van der Waals surface area contributed by atoms with Gasteiger partial charge >= 0.3 is 0 Å². The van der Waals surface area contributed by atoms with Crippen molar-refractivity contribution in [1.82, 2.24) is 5.32 Å². The van der Waals surface area contributed by atoms with E-state index in [4.69, 9.17) is 4.74 Å². The van der Waals surface area contributed by atoms with Gasteiger partial charge in [-0.2, -0.15) is 0 Å². The Morgan fingerprint density at radius 3 is 2.10 bits per heavy atom. The van der Waals surface area contributed by atoms with E-state index >= 15 is 0 Å². The van der Waals surface area contributed by atoms with Gasteiger partial charge in [0, 0.05) is 6.54 Å². The van der Waals surface area contributed by atoms with Crippen LogP contribution in [-0.4, -0.2) is 19.7 Å². The summed E-state index contributed by atoms with van der Waals surface area (Å²) in [5, 5.41) is 3.13. The molecule has 0 bridgehead atoms. The molecule has 0 aromatic heterocycles. The second-order valence-corrected chi connectivity index (χ2v) is 4.78. The van der Waals surface area contributed by atoms with Gasteiger partial charge < -0.3 is 10.1 Å². The van der Waals surface area contributed by atoms with Crippen molar-refractivity contribution in [3.63, 3.8) is 0 Å². The molecule has 1 fully saturated rings. The minimum atomic E-state index is -2.15. The molecule has 1 aromatic carbocycles. The van der Waals surface area contributed by atoms with Crippen LogP contribution in [0.5, 0.6) is 0 Å². The van der Waals surface area contributed by atoms with Gasteiger partial charge in [0.25, 0.3) is 0 Å². The maximum absolute atomic E-state index is 13.4. The highest BCUT2D eigenvalue weighted by Gasteiger charge is 2.25. The first kappa shape index (κ1) is 15.2. The van der Waals surface area contributed by atoms with E-state index in [0.717, 1.165) is 25.9 Å². The van der Waals surface area contributed by atoms with Crippen LogP contribution in [0.2, 0.25) is 0 Å². The molecule has 1 aliphatic rings. The van der Waals surface area contributed by atoms with Gasteiger partial charge in [0.05, 0.1) is 18.8 Å². The molecule has 112 valence electrons. The van der Waals surface area contributed by atoms with E-state index in [1.807, 2.05) is 0 Å². The predicted octanol–water partition coefficient (Wildman–Crippen LogP) is 2.90. The Morgan fingerprint density at radius 2 is 1.55 bits per heavy atom. The number of nitrogens with one attached hydrogen (secondary N) is 1. The molecule has 1 heterocycles. The second-order valence-electron chi connectivity index (χ2n) is 4.78. The number of ether oxygens (including phenoxy) is 1. The SMILES string of the molecule is Fc1c(F)c(F)c(COCC2CCCNC2)c(F)c1F. The van der Waals surface area contributed by atoms with Gasteiger partial charge in [-0.05, 0) is 25.3 Å². The third-order valence-electron chi connectivity index (χ3n) is 3.30. The highest BCUT2D eigenvalue weighted by Crippen LogP contribution is 2.24. The Labute approximate surface area is 112 Å². The van der Waals surface area contributed by atoms with Crippen LogP contribution in [0.4, 0.5) is 22.0 Å². The standard InChI is InChI=1S/C13H14F5NO/c14-9-8(10(15)12(17)13(18)11(9)16)6-20-5-7-2-1-3-19-4-7/h7,19H,1-6H2. The van der Waals surface area contributed by atoms with Gasteiger partial charge in [-0.15, -0.1) is 0 Å². The van der Waals surface area contributed by atoms with Crippen LogP contribution in [0.15, 0.2) is 0 Å². The fourth-order valence-corrected chi connectivity index (χ4v) is 2.17. The maximum atomic E-state index is 13.4. The van der Waals surface area contributed by atoms with Gasteiger partial charge in [0.2, 0.25) is 5.82 Å². The Morgan fingerprint density at radius 1 is 0.950 bits per heavy atom. The molecule has 1 N–H and O–H groups in total. The summed E-state index contributed by atoms with van der Waals surface area (Å²) in [6.07, 6.45) is 1.88. The molecular formula is C13H14F5NO. The zero-order chi connectivity index (χ0) is 14.7. The quantitative estimate of drug-likeness (QED) is 0.524. The number of rotatable bonds is 4. The smallest absolute Gasteiger partial charge is 0.200 e. The molecule has 1 atom stereocenters. The number of benzene rings is 1. The van der Waals surface area contributed by atoms with Gasteiger partial charge in [-0.3, -0.25) is 0 Å². The normalized spacial score (nSPS) is 19.4. The summed E-state index contributed by atoms with van der Waals surface area (Å²) in [6, 6.07) is 0. The van der Waals surface area contributed by atoms with Crippen molar-refractivity contribution in [2.45, 2.75) is 19.4 Å². The average molecular weight is 295 g/mol. The summed E-state index contributed by atoms with van der Waals surface area (Å²) >= 11 is 0. The van der Waals surface area contributed by atoms with Crippen molar-refractivity contribution in [3.8, 4) is 0 Å². The molecule has 0 spiro atoms. The third-order valence-corrected chi connectivity index (χ3v) is 3.30. The van der Waals surface area contributed by atoms with Crippen LogP contribution in [-0.2, 0) is 11.3 Å². The van der Waals surface area contributed by atoms with E-state index in [-0.39, 0.29) is 12.5 Å². The van der Waals surface area contributed by atoms with E-state index in [0.29, 0.717) is 0 Å². The van der Waals surface area contributed by atoms with Crippen LogP contribution >= 0.6 is 0 Å². The average Bonchev–Trinajstić information content (AvgIpc) is 2.48. The van der Waals surface area contributed by atoms with Crippen molar-refractivity contribution in [2.75, 3.05) is 19.7 Å². The van der Waals surface area contributed by atoms with Crippen LogP contribution in [0, 0.1) is 35.0 Å². The van der Waals surface area contributed by atoms with Crippen molar-refractivity contribution in [2.24, 2.45) is 5.92 Å². The maximum Gasteiger partial charge on any atom is 0.200 e. The fraction of sp³-hybridized carbons (Fsp3) is 0.538. The summed E-state index contributed by atoms with van der Waals surface area (Å²) in [5.74, 6) is -9.51. The van der Waals surface area contributed by atoms with Crippen molar-refractivity contribution >= 4 is 0 Å². The van der Waals surface area contributed by atoms with Crippen molar-refractivity contribution < 1.29 is 26.7 Å². The lowest BCUT2D eigenvalue weighted by Crippen LogP contribution is -2.32. The zero-order valence-corrected chi connectivity index (χ0v) is 10.6. The first-order valence-corrected chi connectivity index (χ1v) is 6.31. The first-order valence-electron chi connectivity index (χ1n) is 6.31. The molecule has 0 amide bonds. The molecule has 2 nitrogen and oxygen atoms in total. The topological polar surface area (TPSA) is 21.3 Å². The predicted molar refractivity (Wildman–Crippen MR) is 61.5 cm³/mol. The summed E-state index contributed by atoms with van der Waals surface area (Å²) in [4.78, 5) is 0. The zero-order valence-electron chi connectivity index (χ0n) is 10.6. The minimum absolute atomic E-state index is 0.185. The number of piperidine rings is 1. The second kappa shape index (κ2) is 6.49. The number of hydrogen-bond acceptors (Lipinski definition) is 2. The molecule has 1 saturated heterocycles. The van der Waals surface area contributed by atoms with Crippen molar-refractivity contribution in [3.05, 3.63) is 34.6 Å². The highest BCUT2D eigenvalue weighted by molar-refractivity contribution is 5.23. The van der Waals surface area contributed by atoms with Gasteiger partial charge in [-0.25, -0.2) is 22.0 Å². The molecule has 2 rings (SSSR count). The third kappa shape index (κ3) is 3.09. The Balaban J connectivity index is 2.02. The van der Waals surface area contributed by atoms with Crippen molar-refractivity contribution in [1.29, 1.82) is 0 Å². The summed E-state index contributed by atoms with van der Waals surface area (Å²) in [5.41, 5.74) is -0.926. The monoisotopic (exact) mass is 295 g/mol. The minimum Gasteiger partial charge on any atom is -0.376 e. The number of halogens is 5. The molecule has 20 heavy (non-hydrogen) atoms. The van der Waals surface area contributed by atoms with Gasteiger partial charge in [0.15, 0.2) is 23.3 Å². The molecule has 1 unspecified atom stereocenters. The molecular weight excluding hydrogens is 281 g/mol. The lowest BCUT2D eigenvalue weighted by Gasteiger charge is -2.22. The first-order chi connectivity index (χ1) is 9.52. The summed E-state index contributed by atoms with van der Waals surface area (Å²) in [7, 11) is 0. The van der Waals surface area contributed by atoms with E-state index < -0.39 is 41.3 Å². The molecule has 1 aromatic rings. The summed E-state index contributed by atoms with van der Waals surface area (Å²) < 4.78 is 70.6. The van der Waals surface area contributed by atoms with Crippen LogP contribution in [0.3, 0.4) is 0 Å². The molecule has 7 heteroatoms. The largest absolute Gasteiger partial charge is 0.376 e. The summed E-state index contributed by atoms with van der Waals surface area (Å²) in [6.45, 7) is 1.21. The molecule has 0 saturated carbocycles. The van der Waals surface area contributed by atoms with E-state index in [9.17, 15) is 22.0 Å². The lowest BCUT2D eigenvalue weighted by molar-refractivity contribution is 0.0736. The van der Waals surface area contributed by atoms with Crippen LogP contribution < -0.4 is 5.32 Å². The van der Waals surface area contributed by atoms with Gasteiger partial charge in [0.1, 0.15) is 0 Å². The van der Waals surface area contributed by atoms with E-state index in [1.165, 1.54) is 0 Å². The lowest BCUT2D eigenvalue weighted by atomic mass is 10.0. The highest BCUT2D eigenvalue weighted by atomic mass is 19.2. The molecule has 1 aliphatic heterocycles. The van der Waals surface area contributed by atoms with E-state index in [1.54, 1.807) is 0 Å². The van der Waals surface area contributed by atoms with E-state index in [2.05, 4.69) is 5.32 Å². The van der Waals surface area contributed by atoms with Gasteiger partial charge in [-0.1, -0.05) is 0 Å². The fourth-order valence-electron chi connectivity index (χ4n) is 2.17. The Bertz CT molecular complexity index is 459. The number of hydrogen-bond donors (Lipinski definition) is 1. The molecule has 0 radical (unpaired) electrons.